The van der Waals surface area contributed by atoms with Gasteiger partial charge in [0.05, 0.1) is 12.7 Å². The maximum atomic E-state index is 13.0. The Morgan fingerprint density at radius 3 is 2.50 bits per heavy atom. The second kappa shape index (κ2) is 9.78. The van der Waals surface area contributed by atoms with Gasteiger partial charge in [-0.25, -0.2) is 14.6 Å². The summed E-state index contributed by atoms with van der Waals surface area (Å²) in [5.41, 5.74) is 1.55. The largest absolute Gasteiger partial charge is 0.476 e. The number of nitrogens with zero attached hydrogens (tertiary/aromatic N) is 3. The second-order valence-electron chi connectivity index (χ2n) is 10.5. The van der Waals surface area contributed by atoms with Crippen LogP contribution in [0.25, 0.3) is 5.65 Å². The molecule has 1 saturated heterocycles. The summed E-state index contributed by atoms with van der Waals surface area (Å²) in [5, 5.41) is 9.57. The van der Waals surface area contributed by atoms with E-state index in [2.05, 4.69) is 23.4 Å². The maximum Gasteiger partial charge on any atom is 0.356 e. The van der Waals surface area contributed by atoms with Crippen molar-refractivity contribution in [3.8, 4) is 0 Å². The van der Waals surface area contributed by atoms with Crippen LogP contribution in [0.15, 0.2) is 24.9 Å². The lowest BCUT2D eigenvalue weighted by Gasteiger charge is -2.42. The summed E-state index contributed by atoms with van der Waals surface area (Å²) in [5.74, 6) is -0.856. The van der Waals surface area contributed by atoms with Gasteiger partial charge in [-0.1, -0.05) is 13.0 Å². The minimum absolute atomic E-state index is 0.0445. The van der Waals surface area contributed by atoms with Crippen LogP contribution in [0.3, 0.4) is 0 Å². The highest BCUT2D eigenvalue weighted by Crippen LogP contribution is 2.41. The van der Waals surface area contributed by atoms with Crippen LogP contribution >= 0.6 is 0 Å². The standard InChI is InChI=1S/C26H37N3O5/c1-8-9-10-26(6)11-13-28(14-12-26)22-20(21(24(32)33-7)34-25(3,4)5)17(2)15-19-27-18(23(30)31)16-29(19)22/h8,15-16,21H,1,9-14H2,2-7H3,(H,30,31). The van der Waals surface area contributed by atoms with Gasteiger partial charge in [-0.15, -0.1) is 6.58 Å². The number of piperidine rings is 1. The Hall–Kier alpha value is -2.87. The number of carboxylic acids is 1. The van der Waals surface area contributed by atoms with Crippen LogP contribution in [0.4, 0.5) is 5.82 Å². The normalized spacial score (nSPS) is 16.9. The Balaban J connectivity index is 2.17. The number of imidazole rings is 1. The van der Waals surface area contributed by atoms with Crippen molar-refractivity contribution in [2.45, 2.75) is 72.0 Å². The van der Waals surface area contributed by atoms with E-state index in [9.17, 15) is 14.7 Å². The highest BCUT2D eigenvalue weighted by Gasteiger charge is 2.37. The van der Waals surface area contributed by atoms with Crippen molar-refractivity contribution in [1.29, 1.82) is 0 Å². The van der Waals surface area contributed by atoms with Gasteiger partial charge in [0.15, 0.2) is 11.8 Å². The zero-order chi connectivity index (χ0) is 25.3. The Morgan fingerprint density at radius 2 is 1.97 bits per heavy atom. The molecule has 3 heterocycles. The summed E-state index contributed by atoms with van der Waals surface area (Å²) >= 11 is 0. The zero-order valence-electron chi connectivity index (χ0n) is 21.2. The lowest BCUT2D eigenvalue weighted by atomic mass is 9.76. The van der Waals surface area contributed by atoms with Gasteiger partial charge in [0, 0.05) is 24.8 Å². The van der Waals surface area contributed by atoms with E-state index < -0.39 is 23.6 Å². The fraction of sp³-hybridized carbons (Fsp3) is 0.577. The quantitative estimate of drug-likeness (QED) is 0.430. The van der Waals surface area contributed by atoms with E-state index >= 15 is 0 Å². The first kappa shape index (κ1) is 25.7. The number of hydrogen-bond acceptors (Lipinski definition) is 6. The van der Waals surface area contributed by atoms with Crippen LogP contribution in [-0.4, -0.2) is 52.2 Å². The van der Waals surface area contributed by atoms with Gasteiger partial charge in [-0.2, -0.15) is 0 Å². The number of rotatable bonds is 8. The zero-order valence-corrected chi connectivity index (χ0v) is 21.2. The molecule has 0 spiro atoms. The predicted molar refractivity (Wildman–Crippen MR) is 131 cm³/mol. The molecule has 0 aliphatic carbocycles. The molecule has 0 amide bonds. The van der Waals surface area contributed by atoms with Crippen LogP contribution in [-0.2, 0) is 14.3 Å². The number of ether oxygens (including phenoxy) is 2. The lowest BCUT2D eigenvalue weighted by molar-refractivity contribution is -0.164. The first-order valence-corrected chi connectivity index (χ1v) is 11.8. The number of carbonyl (C=O) groups is 2. The number of allylic oxidation sites excluding steroid dienone is 1. The summed E-state index contributed by atoms with van der Waals surface area (Å²) in [6, 6.07) is 1.80. The SMILES string of the molecule is C=CCCC1(C)CCN(c2c(C(OC(C)(C)C)C(=O)OC)c(C)cc3nc(C(=O)O)cn23)CC1. The summed E-state index contributed by atoms with van der Waals surface area (Å²) in [6.07, 6.45) is 6.51. The van der Waals surface area contributed by atoms with Gasteiger partial charge >= 0.3 is 11.9 Å². The summed E-state index contributed by atoms with van der Waals surface area (Å²) < 4.78 is 13.1. The van der Waals surface area contributed by atoms with Crippen LogP contribution in [0.5, 0.6) is 0 Å². The molecule has 0 bridgehead atoms. The minimum Gasteiger partial charge on any atom is -0.476 e. The highest BCUT2D eigenvalue weighted by molar-refractivity contribution is 5.87. The number of hydrogen-bond donors (Lipinski definition) is 1. The Labute approximate surface area is 201 Å². The topological polar surface area (TPSA) is 93.4 Å². The average Bonchev–Trinajstić information content (AvgIpc) is 3.19. The van der Waals surface area contributed by atoms with E-state index in [1.165, 1.54) is 13.3 Å². The Bertz CT molecular complexity index is 1070. The fourth-order valence-corrected chi connectivity index (χ4v) is 4.64. The van der Waals surface area contributed by atoms with E-state index in [1.807, 2.05) is 33.8 Å². The summed E-state index contributed by atoms with van der Waals surface area (Å²) in [4.78, 5) is 31.2. The molecule has 1 fully saturated rings. The third kappa shape index (κ3) is 5.43. The van der Waals surface area contributed by atoms with Crippen LogP contribution in [0.1, 0.15) is 81.1 Å². The van der Waals surface area contributed by atoms with Crippen LogP contribution in [0, 0.1) is 12.3 Å². The number of aromatic nitrogens is 2. The average molecular weight is 472 g/mol. The molecular formula is C26H37N3O5. The molecule has 1 N–H and O–H groups in total. The van der Waals surface area contributed by atoms with Crippen LogP contribution in [0.2, 0.25) is 0 Å². The van der Waals surface area contributed by atoms with Gasteiger partial charge < -0.3 is 19.5 Å². The molecule has 3 rings (SSSR count). The van der Waals surface area contributed by atoms with Crippen molar-refractivity contribution < 1.29 is 24.2 Å². The van der Waals surface area contributed by atoms with Gasteiger partial charge in [-0.3, -0.25) is 4.40 Å². The molecule has 0 radical (unpaired) electrons. The molecule has 2 aromatic heterocycles. The molecular weight excluding hydrogens is 434 g/mol. The molecule has 1 aliphatic rings. The van der Waals surface area contributed by atoms with E-state index in [4.69, 9.17) is 9.47 Å². The van der Waals surface area contributed by atoms with Crippen LogP contribution < -0.4 is 4.90 Å². The summed E-state index contributed by atoms with van der Waals surface area (Å²) in [6.45, 7) is 15.3. The Morgan fingerprint density at radius 1 is 1.32 bits per heavy atom. The number of methoxy groups -OCH3 is 1. The van der Waals surface area contributed by atoms with Gasteiger partial charge in [0.1, 0.15) is 11.5 Å². The monoisotopic (exact) mass is 471 g/mol. The lowest BCUT2D eigenvalue weighted by Crippen LogP contribution is -2.41. The smallest absolute Gasteiger partial charge is 0.356 e. The number of carbonyl (C=O) groups excluding carboxylic acids is 1. The molecule has 2 aromatic rings. The molecule has 186 valence electrons. The van der Waals surface area contributed by atoms with Crippen molar-refractivity contribution in [3.05, 3.63) is 41.7 Å². The van der Waals surface area contributed by atoms with E-state index in [1.54, 1.807) is 10.5 Å². The molecule has 1 unspecified atom stereocenters. The van der Waals surface area contributed by atoms with E-state index in [-0.39, 0.29) is 11.1 Å². The van der Waals surface area contributed by atoms with Gasteiger partial charge in [0.2, 0.25) is 0 Å². The first-order valence-electron chi connectivity index (χ1n) is 11.8. The third-order valence-corrected chi connectivity index (χ3v) is 6.56. The minimum atomic E-state index is -1.10. The van der Waals surface area contributed by atoms with E-state index in [0.717, 1.165) is 50.2 Å². The van der Waals surface area contributed by atoms with E-state index in [0.29, 0.717) is 11.2 Å². The maximum absolute atomic E-state index is 13.0. The molecule has 34 heavy (non-hydrogen) atoms. The second-order valence-corrected chi connectivity index (χ2v) is 10.5. The number of aryl methyl sites for hydroxylation is 1. The molecule has 0 aromatic carbocycles. The third-order valence-electron chi connectivity index (χ3n) is 6.56. The van der Waals surface area contributed by atoms with Gasteiger partial charge in [-0.05, 0) is 70.4 Å². The molecule has 1 aliphatic heterocycles. The molecule has 8 heteroatoms. The number of pyridine rings is 1. The number of esters is 1. The first-order chi connectivity index (χ1) is 15.9. The summed E-state index contributed by atoms with van der Waals surface area (Å²) in [7, 11) is 1.35. The molecule has 0 saturated carbocycles. The number of fused-ring (bicyclic) bond motifs is 1. The number of anilines is 1. The van der Waals surface area contributed by atoms with Gasteiger partial charge in [0.25, 0.3) is 0 Å². The molecule has 1 atom stereocenters. The van der Waals surface area contributed by atoms with Crippen molar-refractivity contribution in [1.82, 2.24) is 9.38 Å². The van der Waals surface area contributed by atoms with Crippen molar-refractivity contribution in [2.24, 2.45) is 5.41 Å². The fourth-order valence-electron chi connectivity index (χ4n) is 4.64. The number of carboxylic acid groups (broad SMARTS) is 1. The highest BCUT2D eigenvalue weighted by atomic mass is 16.6. The van der Waals surface area contributed by atoms with Crippen molar-refractivity contribution >= 4 is 23.4 Å². The predicted octanol–water partition coefficient (Wildman–Crippen LogP) is 4.94. The van der Waals surface area contributed by atoms with Crippen molar-refractivity contribution in [2.75, 3.05) is 25.1 Å². The Kier molecular flexibility index (Phi) is 7.41. The molecule has 8 nitrogen and oxygen atoms in total. The van der Waals surface area contributed by atoms with Crippen molar-refractivity contribution in [3.63, 3.8) is 0 Å². The number of aromatic carboxylic acids is 1.